The number of anilines is 1. The van der Waals surface area contributed by atoms with Crippen LogP contribution in [0.15, 0.2) is 23.6 Å². The number of carbonyl (C=O) groups is 1. The van der Waals surface area contributed by atoms with Crippen LogP contribution >= 0.6 is 11.3 Å². The molecule has 122 valence electrons. The highest BCUT2D eigenvalue weighted by atomic mass is 32.1. The van der Waals surface area contributed by atoms with E-state index in [1.165, 1.54) is 28.0 Å². The highest BCUT2D eigenvalue weighted by Gasteiger charge is 2.21. The highest BCUT2D eigenvalue weighted by molar-refractivity contribution is 7.13. The van der Waals surface area contributed by atoms with Crippen molar-refractivity contribution >= 4 is 22.4 Å². The zero-order valence-corrected chi connectivity index (χ0v) is 14.3. The number of piperazine rings is 1. The summed E-state index contributed by atoms with van der Waals surface area (Å²) < 4.78 is 0. The molecule has 1 saturated heterocycles. The van der Waals surface area contributed by atoms with E-state index in [0.717, 1.165) is 37.9 Å². The first-order valence-electron chi connectivity index (χ1n) is 7.75. The van der Waals surface area contributed by atoms with Gasteiger partial charge in [0, 0.05) is 38.1 Å². The quantitative estimate of drug-likeness (QED) is 0.933. The van der Waals surface area contributed by atoms with Crippen molar-refractivity contribution < 1.29 is 9.90 Å². The van der Waals surface area contributed by atoms with E-state index >= 15 is 0 Å². The van der Waals surface area contributed by atoms with Crippen LogP contribution in [0.3, 0.4) is 0 Å². The fourth-order valence-electron chi connectivity index (χ4n) is 2.82. The number of aryl methyl sites for hydroxylation is 2. The monoisotopic (exact) mass is 331 g/mol. The van der Waals surface area contributed by atoms with Gasteiger partial charge in [-0.15, -0.1) is 11.3 Å². The number of thiazole rings is 1. The number of hydrogen-bond acceptors (Lipinski definition) is 5. The second kappa shape index (κ2) is 6.68. The number of aromatic nitrogens is 1. The maximum atomic E-state index is 10.9. The lowest BCUT2D eigenvalue weighted by molar-refractivity contribution is 0.0691. The number of rotatable bonds is 4. The van der Waals surface area contributed by atoms with E-state index < -0.39 is 5.97 Å². The van der Waals surface area contributed by atoms with Gasteiger partial charge in [0.25, 0.3) is 0 Å². The van der Waals surface area contributed by atoms with Crippen molar-refractivity contribution in [1.82, 2.24) is 9.88 Å². The van der Waals surface area contributed by atoms with Crippen LogP contribution in [0.4, 0.5) is 5.13 Å². The fourth-order valence-corrected chi connectivity index (χ4v) is 3.67. The number of nitrogens with zero attached hydrogens (tertiary/aromatic N) is 3. The second-order valence-corrected chi connectivity index (χ2v) is 6.85. The summed E-state index contributed by atoms with van der Waals surface area (Å²) in [5.41, 5.74) is 4.17. The van der Waals surface area contributed by atoms with Crippen LogP contribution in [0.5, 0.6) is 0 Å². The molecule has 0 bridgehead atoms. The van der Waals surface area contributed by atoms with Crippen LogP contribution < -0.4 is 4.90 Å². The summed E-state index contributed by atoms with van der Waals surface area (Å²) in [6.45, 7) is 8.97. The van der Waals surface area contributed by atoms with Gasteiger partial charge in [-0.2, -0.15) is 0 Å². The molecule has 0 atom stereocenters. The summed E-state index contributed by atoms with van der Waals surface area (Å²) in [7, 11) is 0. The summed E-state index contributed by atoms with van der Waals surface area (Å²) in [6.07, 6.45) is 0. The van der Waals surface area contributed by atoms with Crippen molar-refractivity contribution in [2.24, 2.45) is 0 Å². The Morgan fingerprint density at radius 1 is 1.26 bits per heavy atom. The lowest BCUT2D eigenvalue weighted by atomic mass is 10.0. The minimum Gasteiger partial charge on any atom is -0.476 e. The van der Waals surface area contributed by atoms with Crippen LogP contribution in [0.25, 0.3) is 0 Å². The Labute approximate surface area is 140 Å². The molecule has 0 unspecified atom stereocenters. The van der Waals surface area contributed by atoms with Gasteiger partial charge in [-0.25, -0.2) is 9.78 Å². The molecule has 1 aromatic heterocycles. The first-order valence-corrected chi connectivity index (χ1v) is 8.63. The molecule has 0 saturated carbocycles. The normalized spacial score (nSPS) is 15.8. The van der Waals surface area contributed by atoms with Crippen LogP contribution in [-0.4, -0.2) is 47.1 Å². The van der Waals surface area contributed by atoms with Gasteiger partial charge < -0.3 is 10.0 Å². The summed E-state index contributed by atoms with van der Waals surface area (Å²) in [5, 5.41) is 11.4. The zero-order chi connectivity index (χ0) is 16.4. The molecular formula is C17H21N3O2S. The van der Waals surface area contributed by atoms with Gasteiger partial charge in [0.15, 0.2) is 10.8 Å². The Morgan fingerprint density at radius 3 is 2.65 bits per heavy atom. The summed E-state index contributed by atoms with van der Waals surface area (Å²) in [5.74, 6) is -0.957. The maximum absolute atomic E-state index is 10.9. The molecule has 3 rings (SSSR count). The van der Waals surface area contributed by atoms with Crippen LogP contribution in [0.2, 0.25) is 0 Å². The molecule has 2 heterocycles. The van der Waals surface area contributed by atoms with Gasteiger partial charge in [0.05, 0.1) is 0 Å². The van der Waals surface area contributed by atoms with E-state index in [1.54, 1.807) is 5.38 Å². The molecule has 0 aliphatic carbocycles. The molecule has 1 aliphatic rings. The van der Waals surface area contributed by atoms with Gasteiger partial charge in [0.2, 0.25) is 0 Å². The van der Waals surface area contributed by atoms with Crippen LogP contribution in [0, 0.1) is 13.8 Å². The molecule has 1 aliphatic heterocycles. The summed E-state index contributed by atoms with van der Waals surface area (Å²) in [4.78, 5) is 19.7. The molecule has 0 spiro atoms. The lowest BCUT2D eigenvalue weighted by Crippen LogP contribution is -2.46. The minimum absolute atomic E-state index is 0.141. The van der Waals surface area contributed by atoms with Crippen molar-refractivity contribution in [3.8, 4) is 0 Å². The summed E-state index contributed by atoms with van der Waals surface area (Å²) in [6, 6.07) is 6.60. The number of aromatic carboxylic acids is 1. The SMILES string of the molecule is Cc1ccc(C)c(CN2CCN(c3nc(C(=O)O)cs3)CC2)c1. The maximum Gasteiger partial charge on any atom is 0.355 e. The smallest absolute Gasteiger partial charge is 0.355 e. The first kappa shape index (κ1) is 16.0. The fraction of sp³-hybridized carbons (Fsp3) is 0.412. The zero-order valence-electron chi connectivity index (χ0n) is 13.5. The molecule has 23 heavy (non-hydrogen) atoms. The third kappa shape index (κ3) is 3.71. The van der Waals surface area contributed by atoms with Crippen molar-refractivity contribution in [3.63, 3.8) is 0 Å². The number of carboxylic acids is 1. The average Bonchev–Trinajstić information content (AvgIpc) is 3.02. The predicted octanol–water partition coefficient (Wildman–Crippen LogP) is 2.78. The molecule has 2 aromatic rings. The van der Waals surface area contributed by atoms with E-state index in [1.807, 2.05) is 0 Å². The number of hydrogen-bond donors (Lipinski definition) is 1. The Morgan fingerprint density at radius 2 is 2.00 bits per heavy atom. The van der Waals surface area contributed by atoms with Crippen molar-refractivity contribution in [2.75, 3.05) is 31.1 Å². The standard InChI is InChI=1S/C17H21N3O2S/c1-12-3-4-13(2)14(9-12)10-19-5-7-20(8-6-19)17-18-15(11-23-17)16(21)22/h3-4,9,11H,5-8,10H2,1-2H3,(H,21,22). The molecule has 5 nitrogen and oxygen atoms in total. The van der Waals surface area contributed by atoms with Crippen molar-refractivity contribution in [2.45, 2.75) is 20.4 Å². The number of carboxylic acid groups (broad SMARTS) is 1. The Hall–Kier alpha value is -1.92. The third-order valence-electron chi connectivity index (χ3n) is 4.25. The van der Waals surface area contributed by atoms with Gasteiger partial charge in [-0.05, 0) is 25.0 Å². The first-order chi connectivity index (χ1) is 11.0. The van der Waals surface area contributed by atoms with Gasteiger partial charge in [-0.1, -0.05) is 23.8 Å². The summed E-state index contributed by atoms with van der Waals surface area (Å²) >= 11 is 1.41. The van der Waals surface area contributed by atoms with E-state index in [9.17, 15) is 4.79 Å². The van der Waals surface area contributed by atoms with Gasteiger partial charge in [0.1, 0.15) is 0 Å². The molecule has 1 N–H and O–H groups in total. The van der Waals surface area contributed by atoms with Crippen LogP contribution in [-0.2, 0) is 6.54 Å². The molecule has 6 heteroatoms. The molecule has 1 fully saturated rings. The Bertz CT molecular complexity index is 706. The molecule has 1 aromatic carbocycles. The van der Waals surface area contributed by atoms with Crippen molar-refractivity contribution in [1.29, 1.82) is 0 Å². The van der Waals surface area contributed by atoms with E-state index in [0.29, 0.717) is 0 Å². The lowest BCUT2D eigenvalue weighted by Gasteiger charge is -2.34. The largest absolute Gasteiger partial charge is 0.476 e. The predicted molar refractivity (Wildman–Crippen MR) is 92.5 cm³/mol. The molecular weight excluding hydrogens is 310 g/mol. The number of benzene rings is 1. The van der Waals surface area contributed by atoms with E-state index in [-0.39, 0.29) is 5.69 Å². The average molecular weight is 331 g/mol. The van der Waals surface area contributed by atoms with Crippen LogP contribution in [0.1, 0.15) is 27.2 Å². The van der Waals surface area contributed by atoms with Gasteiger partial charge >= 0.3 is 5.97 Å². The topological polar surface area (TPSA) is 56.7 Å². The Kier molecular flexibility index (Phi) is 4.63. The second-order valence-electron chi connectivity index (χ2n) is 6.01. The van der Waals surface area contributed by atoms with Crippen molar-refractivity contribution in [3.05, 3.63) is 46.0 Å². The molecule has 0 amide bonds. The van der Waals surface area contributed by atoms with E-state index in [4.69, 9.17) is 5.11 Å². The Balaban J connectivity index is 1.59. The minimum atomic E-state index is -0.957. The highest BCUT2D eigenvalue weighted by Crippen LogP contribution is 2.22. The van der Waals surface area contributed by atoms with E-state index in [2.05, 4.69) is 46.8 Å². The van der Waals surface area contributed by atoms with Gasteiger partial charge in [-0.3, -0.25) is 4.90 Å². The third-order valence-corrected chi connectivity index (χ3v) is 5.15. The molecule has 0 radical (unpaired) electrons.